The smallest absolute Gasteiger partial charge is 0.308 e. The molecule has 0 N–H and O–H groups in total. The zero-order valence-electron chi connectivity index (χ0n) is 8.24. The van der Waals surface area contributed by atoms with Crippen LogP contribution in [0.5, 0.6) is 11.5 Å². The van der Waals surface area contributed by atoms with Crippen molar-refractivity contribution in [2.75, 3.05) is 7.11 Å². The van der Waals surface area contributed by atoms with Crippen LogP contribution >= 0.6 is 0 Å². The Balaban J connectivity index is 2.98. The number of carbonyl (C=O) groups is 1. The highest BCUT2D eigenvalue weighted by atomic mass is 16.5. The zero-order chi connectivity index (χ0) is 10.6. The Bertz CT molecular complexity index is 314. The van der Waals surface area contributed by atoms with Gasteiger partial charge in [0.2, 0.25) is 0 Å². The molecule has 14 heavy (non-hydrogen) atoms. The fourth-order valence-corrected chi connectivity index (χ4v) is 1.09. The van der Waals surface area contributed by atoms with Crippen molar-refractivity contribution in [2.45, 2.75) is 13.2 Å². The van der Waals surface area contributed by atoms with Gasteiger partial charge < -0.3 is 9.47 Å². The van der Waals surface area contributed by atoms with E-state index >= 15 is 0 Å². The Morgan fingerprint density at radius 1 is 1.36 bits per heavy atom. The summed E-state index contributed by atoms with van der Waals surface area (Å²) in [6, 6.07) is 5.15. The van der Waals surface area contributed by atoms with E-state index in [0.717, 1.165) is 5.56 Å². The molecule has 0 bridgehead atoms. The molecule has 2 radical (unpaired) electrons. The first kappa shape index (κ1) is 10.6. The second kappa shape index (κ2) is 4.70. The van der Waals surface area contributed by atoms with Crippen LogP contribution in [0.15, 0.2) is 18.2 Å². The van der Waals surface area contributed by atoms with Crippen molar-refractivity contribution in [3.63, 3.8) is 0 Å². The van der Waals surface area contributed by atoms with Gasteiger partial charge in [-0.05, 0) is 17.7 Å². The van der Waals surface area contributed by atoms with Crippen LogP contribution in [0.3, 0.4) is 0 Å². The summed E-state index contributed by atoms with van der Waals surface area (Å²) < 4.78 is 9.96. The molecule has 1 aromatic rings. The molecule has 0 aromatic heterocycles. The van der Waals surface area contributed by atoms with E-state index in [2.05, 4.69) is 0 Å². The summed E-state index contributed by atoms with van der Waals surface area (Å²) in [4.78, 5) is 10.7. The minimum atomic E-state index is -0.360. The van der Waals surface area contributed by atoms with Crippen LogP contribution in [0.25, 0.3) is 0 Å². The Labute approximate surface area is 84.4 Å². The van der Waals surface area contributed by atoms with Crippen LogP contribution < -0.4 is 9.47 Å². The summed E-state index contributed by atoms with van der Waals surface area (Å²) in [7, 11) is 7.03. The van der Waals surface area contributed by atoms with Crippen molar-refractivity contribution >= 4 is 13.8 Å². The van der Waals surface area contributed by atoms with Gasteiger partial charge in [-0.2, -0.15) is 0 Å². The van der Waals surface area contributed by atoms with Crippen LogP contribution in [0.2, 0.25) is 0 Å². The lowest BCUT2D eigenvalue weighted by Gasteiger charge is -2.07. The molecule has 1 rings (SSSR count). The number of carbonyl (C=O) groups excluding carboxylic acids is 1. The third kappa shape index (κ3) is 2.80. The highest BCUT2D eigenvalue weighted by Crippen LogP contribution is 2.22. The summed E-state index contributed by atoms with van der Waals surface area (Å²) in [6.07, 6.45) is 0.380. The monoisotopic (exact) mass is 190 g/mol. The Morgan fingerprint density at radius 3 is 2.50 bits per heavy atom. The minimum Gasteiger partial charge on any atom is -0.497 e. The third-order valence-electron chi connectivity index (χ3n) is 1.67. The van der Waals surface area contributed by atoms with E-state index in [0.29, 0.717) is 17.8 Å². The predicted octanol–water partition coefficient (Wildman–Crippen LogP) is 1.29. The number of hydrogen-bond acceptors (Lipinski definition) is 3. The maximum atomic E-state index is 10.7. The van der Waals surface area contributed by atoms with E-state index in [1.54, 1.807) is 25.3 Å². The van der Waals surface area contributed by atoms with Gasteiger partial charge >= 0.3 is 5.97 Å². The first-order valence-corrected chi connectivity index (χ1v) is 4.22. The van der Waals surface area contributed by atoms with Crippen molar-refractivity contribution in [1.82, 2.24) is 0 Å². The maximum Gasteiger partial charge on any atom is 0.308 e. The summed E-state index contributed by atoms with van der Waals surface area (Å²) in [5.41, 5.74) is 0.862. The molecule has 0 saturated heterocycles. The van der Waals surface area contributed by atoms with Gasteiger partial charge in [0.1, 0.15) is 11.5 Å². The van der Waals surface area contributed by atoms with E-state index < -0.39 is 0 Å². The molecule has 72 valence electrons. The second-order valence-electron chi connectivity index (χ2n) is 2.81. The number of hydrogen-bond donors (Lipinski definition) is 0. The number of ether oxygens (including phenoxy) is 2. The van der Waals surface area contributed by atoms with Crippen LogP contribution in [0, 0.1) is 0 Å². The lowest BCUT2D eigenvalue weighted by atomic mass is 9.97. The Kier molecular flexibility index (Phi) is 3.57. The molecule has 4 heteroatoms. The predicted molar refractivity (Wildman–Crippen MR) is 53.8 cm³/mol. The lowest BCUT2D eigenvalue weighted by molar-refractivity contribution is -0.131. The molecule has 0 saturated carbocycles. The van der Waals surface area contributed by atoms with Gasteiger partial charge in [-0.1, -0.05) is 6.32 Å². The van der Waals surface area contributed by atoms with Gasteiger partial charge in [0.15, 0.2) is 0 Å². The molecule has 0 heterocycles. The molecule has 0 aliphatic rings. The van der Waals surface area contributed by atoms with Crippen molar-refractivity contribution in [2.24, 2.45) is 0 Å². The largest absolute Gasteiger partial charge is 0.497 e. The first-order valence-electron chi connectivity index (χ1n) is 4.22. The van der Waals surface area contributed by atoms with Gasteiger partial charge in [0.05, 0.1) is 15.0 Å². The first-order chi connectivity index (χ1) is 6.65. The topological polar surface area (TPSA) is 35.5 Å². The zero-order valence-corrected chi connectivity index (χ0v) is 8.24. The molecule has 0 amide bonds. The summed E-state index contributed by atoms with van der Waals surface area (Å²) in [6.45, 7) is 1.35. The lowest BCUT2D eigenvalue weighted by Crippen LogP contribution is -2.02. The number of esters is 1. The maximum absolute atomic E-state index is 10.7. The number of rotatable bonds is 3. The van der Waals surface area contributed by atoms with Crippen LogP contribution in [0.4, 0.5) is 0 Å². The molecule has 0 aliphatic heterocycles. The molecule has 0 aliphatic carbocycles. The summed E-state index contributed by atoms with van der Waals surface area (Å²) in [5.74, 6) is 0.725. The quantitative estimate of drug-likeness (QED) is 0.409. The molecule has 0 spiro atoms. The van der Waals surface area contributed by atoms with E-state index in [9.17, 15) is 4.79 Å². The second-order valence-corrected chi connectivity index (χ2v) is 2.81. The van der Waals surface area contributed by atoms with Crippen molar-refractivity contribution in [3.8, 4) is 11.5 Å². The Morgan fingerprint density at radius 2 is 2.00 bits per heavy atom. The number of methoxy groups -OCH3 is 1. The van der Waals surface area contributed by atoms with Gasteiger partial charge in [-0.3, -0.25) is 4.79 Å². The van der Waals surface area contributed by atoms with Gasteiger partial charge in [0.25, 0.3) is 0 Å². The fourth-order valence-electron chi connectivity index (χ4n) is 1.09. The molecular weight excluding hydrogens is 179 g/mol. The molecule has 0 fully saturated rings. The van der Waals surface area contributed by atoms with Crippen LogP contribution in [-0.2, 0) is 11.1 Å². The van der Waals surface area contributed by atoms with Gasteiger partial charge in [-0.15, -0.1) is 0 Å². The number of benzene rings is 1. The molecule has 0 atom stereocenters. The molecular formula is C10H11BO3. The van der Waals surface area contributed by atoms with Crippen LogP contribution in [0.1, 0.15) is 12.5 Å². The van der Waals surface area contributed by atoms with E-state index in [-0.39, 0.29) is 5.97 Å². The minimum absolute atomic E-state index is 0.360. The fraction of sp³-hybridized carbons (Fsp3) is 0.300. The SMILES string of the molecule is [B]Cc1cc(OC)cc(OC(C)=O)c1. The van der Waals surface area contributed by atoms with E-state index in [4.69, 9.17) is 17.3 Å². The van der Waals surface area contributed by atoms with Crippen molar-refractivity contribution in [1.29, 1.82) is 0 Å². The standard InChI is InChI=1S/C10H11BO3/c1-7(12)14-10-4-8(6-11)3-9(5-10)13-2/h3-5H,6H2,1-2H3. The van der Waals surface area contributed by atoms with E-state index in [1.165, 1.54) is 6.92 Å². The third-order valence-corrected chi connectivity index (χ3v) is 1.67. The average Bonchev–Trinajstić information content (AvgIpc) is 2.16. The average molecular weight is 190 g/mol. The van der Waals surface area contributed by atoms with Crippen molar-refractivity contribution in [3.05, 3.63) is 23.8 Å². The summed E-state index contributed by atoms with van der Waals surface area (Å²) in [5, 5.41) is 0. The van der Waals surface area contributed by atoms with Gasteiger partial charge in [0, 0.05) is 13.0 Å². The van der Waals surface area contributed by atoms with Crippen molar-refractivity contribution < 1.29 is 14.3 Å². The Hall–Kier alpha value is -1.45. The van der Waals surface area contributed by atoms with E-state index in [1.807, 2.05) is 0 Å². The molecule has 0 unspecified atom stereocenters. The summed E-state index contributed by atoms with van der Waals surface area (Å²) >= 11 is 0. The highest BCUT2D eigenvalue weighted by molar-refractivity contribution is 6.08. The normalized spacial score (nSPS) is 9.57. The highest BCUT2D eigenvalue weighted by Gasteiger charge is 2.03. The molecule has 3 nitrogen and oxygen atoms in total. The van der Waals surface area contributed by atoms with Crippen LogP contribution in [-0.4, -0.2) is 20.9 Å². The molecule has 1 aromatic carbocycles. The van der Waals surface area contributed by atoms with Gasteiger partial charge in [-0.25, -0.2) is 0 Å².